The van der Waals surface area contributed by atoms with Crippen LogP contribution in [0.5, 0.6) is 5.75 Å². The van der Waals surface area contributed by atoms with Crippen LogP contribution in [-0.2, 0) is 14.4 Å². The Kier molecular flexibility index (Phi) is 13.7. The first-order valence-electron chi connectivity index (χ1n) is 20.5. The van der Waals surface area contributed by atoms with Gasteiger partial charge >= 0.3 is 0 Å². The molecule has 5 heterocycles. The molecule has 7 rings (SSSR count). The van der Waals surface area contributed by atoms with Crippen molar-refractivity contribution >= 4 is 64.2 Å². The maximum Gasteiger partial charge on any atom is 0.264 e. The minimum Gasteiger partial charge on any atom is -0.482 e. The fourth-order valence-corrected chi connectivity index (χ4v) is 8.65. The summed E-state index contributed by atoms with van der Waals surface area (Å²) in [5.41, 5.74) is 9.05. The highest BCUT2D eigenvalue weighted by molar-refractivity contribution is 6.36. The molecular formula is C44H47Cl2FN8O6. The summed E-state index contributed by atoms with van der Waals surface area (Å²) in [7, 11) is 0. The van der Waals surface area contributed by atoms with Crippen LogP contribution >= 0.6 is 23.2 Å². The van der Waals surface area contributed by atoms with Gasteiger partial charge < -0.3 is 20.7 Å². The standard InChI is InChI=1S/C44H47Cl2FN8O6/c1-26(38-31(45)13-14-32(47)40(38)46)61-35-22-27(23-50-41(35)48)28-24-51-54(25-28)29-17-20-53(21-18-29)37(57)12-7-5-3-2-4-6-8-19-49-33-11-9-10-30-39(33)44(60)55(43(30)59)34-15-16-36(56)52-42(34)58/h2,4,9-11,13-14,22-26,29,34,49H,3,5-8,12,15-21H2,1H3,(H2,48,50)(H,52,56,58)/b4-2+/t26-,34?/m1/s1. The molecule has 14 nitrogen and oxygen atoms in total. The van der Waals surface area contributed by atoms with E-state index in [0.717, 1.165) is 61.0 Å². The number of unbranched alkanes of at least 4 members (excludes halogenated alkanes) is 3. The highest BCUT2D eigenvalue weighted by Crippen LogP contribution is 2.38. The first-order chi connectivity index (χ1) is 29.4. The zero-order valence-corrected chi connectivity index (χ0v) is 35.2. The molecule has 0 bridgehead atoms. The van der Waals surface area contributed by atoms with E-state index in [1.165, 1.54) is 12.1 Å². The number of nitrogen functional groups attached to an aromatic ring is 1. The molecule has 17 heteroatoms. The number of allylic oxidation sites excluding steroid dienone is 2. The summed E-state index contributed by atoms with van der Waals surface area (Å²) in [6.45, 7) is 3.60. The summed E-state index contributed by atoms with van der Waals surface area (Å²) in [6.07, 6.45) is 15.3. The number of likely N-dealkylation sites (tertiary alicyclic amines) is 1. The maximum atomic E-state index is 14.1. The van der Waals surface area contributed by atoms with E-state index in [0.29, 0.717) is 43.1 Å². The van der Waals surface area contributed by atoms with E-state index in [2.05, 4.69) is 32.9 Å². The molecule has 3 aliphatic heterocycles. The molecule has 0 aliphatic carbocycles. The molecule has 4 N–H and O–H groups in total. The van der Waals surface area contributed by atoms with Gasteiger partial charge in [-0.05, 0) is 88.6 Å². The van der Waals surface area contributed by atoms with Crippen molar-refractivity contribution in [1.82, 2.24) is 29.9 Å². The van der Waals surface area contributed by atoms with Crippen LogP contribution in [0.25, 0.3) is 11.1 Å². The molecule has 2 saturated heterocycles. The summed E-state index contributed by atoms with van der Waals surface area (Å²) in [5, 5.41) is 10.3. The smallest absolute Gasteiger partial charge is 0.264 e. The van der Waals surface area contributed by atoms with E-state index in [1.807, 2.05) is 15.8 Å². The number of pyridine rings is 1. The predicted molar refractivity (Wildman–Crippen MR) is 229 cm³/mol. The molecular weight excluding hydrogens is 826 g/mol. The van der Waals surface area contributed by atoms with Gasteiger partial charge in [0.15, 0.2) is 11.6 Å². The van der Waals surface area contributed by atoms with Crippen molar-refractivity contribution in [2.75, 3.05) is 30.7 Å². The van der Waals surface area contributed by atoms with Crippen LogP contribution in [0.2, 0.25) is 10.0 Å². The van der Waals surface area contributed by atoms with Gasteiger partial charge in [-0.25, -0.2) is 9.37 Å². The normalized spacial score (nSPS) is 17.5. The molecule has 61 heavy (non-hydrogen) atoms. The topological polar surface area (TPSA) is 182 Å². The third-order valence-corrected chi connectivity index (χ3v) is 12.0. The highest BCUT2D eigenvalue weighted by atomic mass is 35.5. The van der Waals surface area contributed by atoms with Gasteiger partial charge in [-0.1, -0.05) is 41.4 Å². The Bertz CT molecular complexity index is 2360. The van der Waals surface area contributed by atoms with Gasteiger partial charge in [0, 0.05) is 72.3 Å². The lowest BCUT2D eigenvalue weighted by molar-refractivity contribution is -0.136. The summed E-state index contributed by atoms with van der Waals surface area (Å²) < 4.78 is 22.1. The van der Waals surface area contributed by atoms with Gasteiger partial charge in [-0.15, -0.1) is 0 Å². The fourth-order valence-electron chi connectivity index (χ4n) is 7.98. The number of fused-ring (bicyclic) bond motifs is 1. The van der Waals surface area contributed by atoms with Crippen molar-refractivity contribution in [1.29, 1.82) is 0 Å². The quantitative estimate of drug-likeness (QED) is 0.0437. The van der Waals surface area contributed by atoms with Crippen LogP contribution in [0, 0.1) is 5.82 Å². The van der Waals surface area contributed by atoms with Gasteiger partial charge in [-0.2, -0.15) is 5.10 Å². The highest BCUT2D eigenvalue weighted by Gasteiger charge is 2.45. The summed E-state index contributed by atoms with van der Waals surface area (Å²) >= 11 is 12.5. The number of carbonyl (C=O) groups excluding carboxylic acids is 5. The first-order valence-corrected chi connectivity index (χ1v) is 21.3. The van der Waals surface area contributed by atoms with Gasteiger partial charge in [0.1, 0.15) is 18.0 Å². The number of aromatic nitrogens is 3. The number of anilines is 2. The average Bonchev–Trinajstić information content (AvgIpc) is 3.84. The molecule has 2 fully saturated rings. The number of amides is 5. The van der Waals surface area contributed by atoms with Crippen LogP contribution in [0.3, 0.4) is 0 Å². The minimum atomic E-state index is -1.00. The van der Waals surface area contributed by atoms with Crippen molar-refractivity contribution in [3.05, 3.63) is 99.7 Å². The minimum absolute atomic E-state index is 0.0699. The lowest BCUT2D eigenvalue weighted by Gasteiger charge is -2.32. The van der Waals surface area contributed by atoms with Crippen molar-refractivity contribution < 1.29 is 33.1 Å². The monoisotopic (exact) mass is 872 g/mol. The maximum absolute atomic E-state index is 14.1. The number of halogens is 3. The zero-order chi connectivity index (χ0) is 43.2. The van der Waals surface area contributed by atoms with Gasteiger partial charge in [0.25, 0.3) is 11.8 Å². The second-order valence-corrected chi connectivity index (χ2v) is 16.2. The number of piperidine rings is 2. The number of nitrogens with two attached hydrogens (primary N) is 1. The Balaban J connectivity index is 0.792. The van der Waals surface area contributed by atoms with E-state index in [1.54, 1.807) is 43.6 Å². The molecule has 2 aromatic heterocycles. The Morgan fingerprint density at radius 1 is 1.02 bits per heavy atom. The van der Waals surface area contributed by atoms with Gasteiger partial charge in [0.2, 0.25) is 17.7 Å². The number of hydrogen-bond donors (Lipinski definition) is 3. The Labute approximate surface area is 362 Å². The van der Waals surface area contributed by atoms with E-state index in [4.69, 9.17) is 33.7 Å². The third-order valence-electron chi connectivity index (χ3n) is 11.3. The number of rotatable bonds is 16. The SMILES string of the molecule is C[C@@H](Oc1cc(-c2cnn(C3CCN(C(=O)CCCC/C=C/CCCNc4cccc5c4C(=O)N(C4CCC(=O)NC4=O)C5=O)CC3)c2)cnc1N)c1c(Cl)ccc(F)c1Cl. The third kappa shape index (κ3) is 9.73. The number of nitrogens with zero attached hydrogens (tertiary/aromatic N) is 5. The molecule has 1 unspecified atom stereocenters. The van der Waals surface area contributed by atoms with Crippen molar-refractivity contribution in [3.8, 4) is 16.9 Å². The van der Waals surface area contributed by atoms with Crippen molar-refractivity contribution in [2.24, 2.45) is 0 Å². The van der Waals surface area contributed by atoms with Gasteiger partial charge in [-0.3, -0.25) is 38.9 Å². The Morgan fingerprint density at radius 2 is 1.79 bits per heavy atom. The van der Waals surface area contributed by atoms with Crippen molar-refractivity contribution in [3.63, 3.8) is 0 Å². The van der Waals surface area contributed by atoms with Crippen LogP contribution in [0.1, 0.15) is 110 Å². The summed E-state index contributed by atoms with van der Waals surface area (Å²) in [5.74, 6) is -2.07. The number of nitrogens with one attached hydrogen (secondary N) is 2. The molecule has 5 amide bonds. The molecule has 0 spiro atoms. The largest absolute Gasteiger partial charge is 0.482 e. The zero-order valence-electron chi connectivity index (χ0n) is 33.7. The predicted octanol–water partition coefficient (Wildman–Crippen LogP) is 7.69. The number of ether oxygens (including phenoxy) is 1. The van der Waals surface area contributed by atoms with E-state index in [-0.39, 0.29) is 51.8 Å². The average molecular weight is 874 g/mol. The lowest BCUT2D eigenvalue weighted by atomic mass is 10.0. The lowest BCUT2D eigenvalue weighted by Crippen LogP contribution is -2.54. The van der Waals surface area contributed by atoms with Crippen LogP contribution in [0.15, 0.2) is 67.1 Å². The second-order valence-electron chi connectivity index (χ2n) is 15.4. The molecule has 4 aromatic rings. The molecule has 2 atom stereocenters. The van der Waals surface area contributed by atoms with Crippen molar-refractivity contribution in [2.45, 2.75) is 89.3 Å². The Morgan fingerprint density at radius 3 is 2.56 bits per heavy atom. The van der Waals surface area contributed by atoms with Crippen LogP contribution < -0.4 is 21.1 Å². The molecule has 3 aliphatic rings. The molecule has 320 valence electrons. The first kappa shape index (κ1) is 43.3. The second kappa shape index (κ2) is 19.3. The van der Waals surface area contributed by atoms with E-state index >= 15 is 0 Å². The molecule has 2 aromatic carbocycles. The number of hydrogen-bond acceptors (Lipinski definition) is 10. The van der Waals surface area contributed by atoms with Gasteiger partial charge in [0.05, 0.1) is 28.4 Å². The van der Waals surface area contributed by atoms with E-state index in [9.17, 15) is 28.4 Å². The van der Waals surface area contributed by atoms with E-state index < -0.39 is 41.6 Å². The van der Waals surface area contributed by atoms with Crippen LogP contribution in [0.4, 0.5) is 15.9 Å². The molecule has 0 saturated carbocycles. The summed E-state index contributed by atoms with van der Waals surface area (Å²) in [4.78, 5) is 70.5. The Hall–Kier alpha value is -5.80. The number of carbonyl (C=O) groups is 5. The van der Waals surface area contributed by atoms with Crippen LogP contribution in [-0.4, -0.2) is 79.8 Å². The number of imide groups is 2. The summed E-state index contributed by atoms with van der Waals surface area (Å²) in [6, 6.07) is 8.55. The molecule has 0 radical (unpaired) electrons. The fraction of sp³-hybridized carbons (Fsp3) is 0.386. The number of benzene rings is 2.